The molecule has 0 unspecified atom stereocenters. The third kappa shape index (κ3) is 2.58. The Morgan fingerprint density at radius 1 is 1.30 bits per heavy atom. The molecule has 0 aliphatic rings. The Kier molecular flexibility index (Phi) is 3.28. The van der Waals surface area contributed by atoms with Crippen molar-refractivity contribution in [2.45, 2.75) is 19.9 Å². The fraction of sp³-hybridized carbons (Fsp3) is 0.200. The van der Waals surface area contributed by atoms with Crippen molar-refractivity contribution in [3.8, 4) is 0 Å². The highest BCUT2D eigenvalue weighted by Crippen LogP contribution is 2.24. The molecule has 0 saturated heterocycles. The van der Waals surface area contributed by atoms with E-state index in [2.05, 4.69) is 41.3 Å². The quantitative estimate of drug-likeness (QED) is 0.719. The summed E-state index contributed by atoms with van der Waals surface area (Å²) in [6, 6.07) is 10.1. The van der Waals surface area contributed by atoms with Crippen molar-refractivity contribution in [1.82, 2.24) is 9.97 Å². The first-order chi connectivity index (χ1) is 9.61. The summed E-state index contributed by atoms with van der Waals surface area (Å²) in [5.74, 6) is 0.786. The summed E-state index contributed by atoms with van der Waals surface area (Å²) in [5.41, 5.74) is 8.67. The van der Waals surface area contributed by atoms with E-state index in [0.717, 1.165) is 27.4 Å². The number of aryl methyl sites for hydroxylation is 1. The van der Waals surface area contributed by atoms with Gasteiger partial charge >= 0.3 is 0 Å². The van der Waals surface area contributed by atoms with E-state index in [4.69, 9.17) is 5.73 Å². The van der Waals surface area contributed by atoms with E-state index in [9.17, 15) is 0 Å². The maximum Gasteiger partial charge on any atom is 0.146 e. The SMILES string of the molecule is Cc1cc2ncc(N[C@@H](C)c3cccc(N)c3)nc2s1. The van der Waals surface area contributed by atoms with Crippen LogP contribution in [0.3, 0.4) is 0 Å². The van der Waals surface area contributed by atoms with Gasteiger partial charge in [0.1, 0.15) is 16.2 Å². The van der Waals surface area contributed by atoms with Crippen molar-refractivity contribution in [2.24, 2.45) is 0 Å². The van der Waals surface area contributed by atoms with Crippen LogP contribution in [-0.4, -0.2) is 9.97 Å². The molecule has 2 aromatic heterocycles. The molecule has 0 aliphatic heterocycles. The molecule has 4 nitrogen and oxygen atoms in total. The molecule has 0 bridgehead atoms. The molecule has 102 valence electrons. The number of aromatic nitrogens is 2. The van der Waals surface area contributed by atoms with E-state index in [0.29, 0.717) is 0 Å². The van der Waals surface area contributed by atoms with Crippen molar-refractivity contribution in [3.05, 3.63) is 47.0 Å². The van der Waals surface area contributed by atoms with Crippen molar-refractivity contribution in [2.75, 3.05) is 11.1 Å². The summed E-state index contributed by atoms with van der Waals surface area (Å²) in [4.78, 5) is 11.2. The summed E-state index contributed by atoms with van der Waals surface area (Å²) in [6.45, 7) is 4.15. The summed E-state index contributed by atoms with van der Waals surface area (Å²) in [5, 5.41) is 3.36. The number of hydrogen-bond donors (Lipinski definition) is 2. The lowest BCUT2D eigenvalue weighted by Crippen LogP contribution is -2.08. The van der Waals surface area contributed by atoms with Gasteiger partial charge in [-0.3, -0.25) is 0 Å². The van der Waals surface area contributed by atoms with Crippen LogP contribution in [0, 0.1) is 6.92 Å². The molecule has 0 fully saturated rings. The molecule has 1 atom stereocenters. The standard InChI is InChI=1S/C15H16N4S/c1-9-6-13-15(20-9)19-14(8-17-13)18-10(2)11-4-3-5-12(16)7-11/h3-8,10H,16H2,1-2H3,(H,18,19)/t10-/m0/s1. The Labute approximate surface area is 121 Å². The largest absolute Gasteiger partial charge is 0.399 e. The Bertz CT molecular complexity index is 750. The summed E-state index contributed by atoms with van der Waals surface area (Å²) in [6.07, 6.45) is 1.78. The lowest BCUT2D eigenvalue weighted by molar-refractivity contribution is 0.875. The number of hydrogen-bond acceptors (Lipinski definition) is 5. The fourth-order valence-electron chi connectivity index (χ4n) is 2.13. The average molecular weight is 284 g/mol. The number of anilines is 2. The van der Waals surface area contributed by atoms with E-state index < -0.39 is 0 Å². The zero-order valence-corrected chi connectivity index (χ0v) is 12.2. The number of fused-ring (bicyclic) bond motifs is 1. The molecule has 0 amide bonds. The van der Waals surface area contributed by atoms with E-state index >= 15 is 0 Å². The van der Waals surface area contributed by atoms with Crippen LogP contribution in [0.4, 0.5) is 11.5 Å². The number of nitrogens with one attached hydrogen (secondary N) is 1. The summed E-state index contributed by atoms with van der Waals surface area (Å²) in [7, 11) is 0. The molecule has 3 aromatic rings. The number of thiophene rings is 1. The van der Waals surface area contributed by atoms with Gasteiger partial charge in [0.15, 0.2) is 0 Å². The lowest BCUT2D eigenvalue weighted by Gasteiger charge is -2.15. The molecule has 0 radical (unpaired) electrons. The highest BCUT2D eigenvalue weighted by Gasteiger charge is 2.08. The highest BCUT2D eigenvalue weighted by atomic mass is 32.1. The Hall–Kier alpha value is -2.14. The van der Waals surface area contributed by atoms with Gasteiger partial charge in [0.05, 0.1) is 12.2 Å². The third-order valence-electron chi connectivity index (χ3n) is 3.14. The molecule has 3 N–H and O–H groups in total. The second kappa shape index (κ2) is 5.09. The predicted octanol–water partition coefficient (Wildman–Crippen LogP) is 3.76. The lowest BCUT2D eigenvalue weighted by atomic mass is 10.1. The topological polar surface area (TPSA) is 63.8 Å². The number of nitrogens with zero attached hydrogens (tertiary/aromatic N) is 2. The van der Waals surface area contributed by atoms with Crippen LogP contribution in [0.25, 0.3) is 10.3 Å². The van der Waals surface area contributed by atoms with Crippen LogP contribution in [0.1, 0.15) is 23.4 Å². The molecule has 3 rings (SSSR count). The van der Waals surface area contributed by atoms with Gasteiger partial charge in [-0.05, 0) is 37.6 Å². The van der Waals surface area contributed by atoms with Gasteiger partial charge in [0.25, 0.3) is 0 Å². The van der Waals surface area contributed by atoms with Crippen molar-refractivity contribution >= 4 is 33.2 Å². The Morgan fingerprint density at radius 2 is 2.15 bits per heavy atom. The van der Waals surface area contributed by atoms with Gasteiger partial charge in [-0.25, -0.2) is 9.97 Å². The fourth-order valence-corrected chi connectivity index (χ4v) is 2.97. The number of nitrogen functional groups attached to an aromatic ring is 1. The monoisotopic (exact) mass is 284 g/mol. The second-order valence-corrected chi connectivity index (χ2v) is 6.07. The van der Waals surface area contributed by atoms with Gasteiger partial charge in [0, 0.05) is 10.6 Å². The number of rotatable bonds is 3. The van der Waals surface area contributed by atoms with E-state index in [-0.39, 0.29) is 6.04 Å². The molecule has 0 saturated carbocycles. The van der Waals surface area contributed by atoms with Gasteiger partial charge in [0.2, 0.25) is 0 Å². The minimum Gasteiger partial charge on any atom is -0.399 e. The average Bonchev–Trinajstić information content (AvgIpc) is 2.78. The predicted molar refractivity (Wildman–Crippen MR) is 85.0 cm³/mol. The molecular weight excluding hydrogens is 268 g/mol. The first-order valence-electron chi connectivity index (χ1n) is 6.47. The van der Waals surface area contributed by atoms with Crippen molar-refractivity contribution in [1.29, 1.82) is 0 Å². The first kappa shape index (κ1) is 12.9. The van der Waals surface area contributed by atoms with Gasteiger partial charge in [-0.2, -0.15) is 0 Å². The van der Waals surface area contributed by atoms with Crippen LogP contribution in [0.5, 0.6) is 0 Å². The second-order valence-electron chi connectivity index (χ2n) is 4.84. The maximum absolute atomic E-state index is 5.81. The smallest absolute Gasteiger partial charge is 0.146 e. The van der Waals surface area contributed by atoms with Crippen LogP contribution in [-0.2, 0) is 0 Å². The first-order valence-corrected chi connectivity index (χ1v) is 7.28. The zero-order chi connectivity index (χ0) is 14.1. The minimum atomic E-state index is 0.131. The Morgan fingerprint density at radius 3 is 2.95 bits per heavy atom. The van der Waals surface area contributed by atoms with E-state index in [1.807, 2.05) is 18.2 Å². The van der Waals surface area contributed by atoms with Gasteiger partial charge in [-0.1, -0.05) is 12.1 Å². The molecular formula is C15H16N4S. The third-order valence-corrected chi connectivity index (χ3v) is 4.07. The molecule has 20 heavy (non-hydrogen) atoms. The minimum absolute atomic E-state index is 0.131. The molecule has 1 aromatic carbocycles. The molecule has 0 aliphatic carbocycles. The Balaban J connectivity index is 1.85. The molecule has 0 spiro atoms. The van der Waals surface area contributed by atoms with Crippen molar-refractivity contribution < 1.29 is 0 Å². The van der Waals surface area contributed by atoms with Crippen LogP contribution >= 0.6 is 11.3 Å². The molecule has 2 heterocycles. The number of benzene rings is 1. The summed E-state index contributed by atoms with van der Waals surface area (Å²) >= 11 is 1.66. The van der Waals surface area contributed by atoms with E-state index in [1.54, 1.807) is 17.5 Å². The van der Waals surface area contributed by atoms with Gasteiger partial charge in [-0.15, -0.1) is 11.3 Å². The zero-order valence-electron chi connectivity index (χ0n) is 11.4. The van der Waals surface area contributed by atoms with Crippen LogP contribution in [0.15, 0.2) is 36.5 Å². The number of nitrogens with two attached hydrogens (primary N) is 1. The molecule has 5 heteroatoms. The maximum atomic E-state index is 5.81. The summed E-state index contributed by atoms with van der Waals surface area (Å²) < 4.78 is 0. The van der Waals surface area contributed by atoms with E-state index in [1.165, 1.54) is 4.88 Å². The van der Waals surface area contributed by atoms with Crippen molar-refractivity contribution in [3.63, 3.8) is 0 Å². The highest BCUT2D eigenvalue weighted by molar-refractivity contribution is 7.18. The van der Waals surface area contributed by atoms with Gasteiger partial charge < -0.3 is 11.1 Å². The normalized spacial score (nSPS) is 12.5. The van der Waals surface area contributed by atoms with Crippen LogP contribution < -0.4 is 11.1 Å². The van der Waals surface area contributed by atoms with Crippen LogP contribution in [0.2, 0.25) is 0 Å².